The molecule has 0 fully saturated rings. The van der Waals surface area contributed by atoms with E-state index in [9.17, 15) is 4.39 Å². The highest BCUT2D eigenvalue weighted by atomic mass is 19.1. The van der Waals surface area contributed by atoms with Crippen molar-refractivity contribution in [3.63, 3.8) is 0 Å². The summed E-state index contributed by atoms with van der Waals surface area (Å²) < 4.78 is 13.7. The Morgan fingerprint density at radius 1 is 1.21 bits per heavy atom. The summed E-state index contributed by atoms with van der Waals surface area (Å²) in [4.78, 5) is 3.15. The van der Waals surface area contributed by atoms with Gasteiger partial charge in [0.15, 0.2) is 0 Å². The molecule has 0 amide bonds. The smallest absolute Gasteiger partial charge is 0.222 e. The third-order valence-electron chi connectivity index (χ3n) is 3.54. The molecule has 1 aliphatic rings. The Labute approximate surface area is 111 Å². The zero-order valence-electron chi connectivity index (χ0n) is 10.4. The minimum absolute atomic E-state index is 0.0833. The first-order chi connectivity index (χ1) is 9.28. The summed E-state index contributed by atoms with van der Waals surface area (Å²) in [5, 5.41) is 3.43. The van der Waals surface area contributed by atoms with Crippen LogP contribution >= 0.6 is 0 Å². The van der Waals surface area contributed by atoms with Gasteiger partial charge in [0.1, 0.15) is 5.82 Å². The molecule has 1 atom stereocenters. The van der Waals surface area contributed by atoms with Gasteiger partial charge in [-0.15, -0.1) is 0 Å². The normalized spacial score (nSPS) is 17.2. The van der Waals surface area contributed by atoms with E-state index < -0.39 is 5.82 Å². The average Bonchev–Trinajstić information content (AvgIpc) is 2.46. The summed E-state index contributed by atoms with van der Waals surface area (Å²) in [6.45, 7) is 6.87. The molecule has 1 aliphatic heterocycles. The largest absolute Gasteiger partial charge is 0.378 e. The van der Waals surface area contributed by atoms with Gasteiger partial charge >= 0.3 is 0 Å². The fourth-order valence-corrected chi connectivity index (χ4v) is 2.52. The summed E-state index contributed by atoms with van der Waals surface area (Å²) in [6, 6.07) is 13.2. The molecule has 0 aliphatic carbocycles. The van der Waals surface area contributed by atoms with Gasteiger partial charge in [0.2, 0.25) is 5.69 Å². The standard InChI is InChI=1S/C16H13FN2/c1-18-16-9-7-12(10-13(16)17)15-8-6-11-4-2-3-5-14(11)19-15/h2-5,7,9-10,15,19H,6,8H2. The van der Waals surface area contributed by atoms with Crippen LogP contribution in [0, 0.1) is 12.4 Å². The molecule has 2 aromatic carbocycles. The zero-order valence-corrected chi connectivity index (χ0v) is 10.4. The highest BCUT2D eigenvalue weighted by Crippen LogP contribution is 2.33. The van der Waals surface area contributed by atoms with Crippen molar-refractivity contribution in [2.45, 2.75) is 18.9 Å². The second kappa shape index (κ2) is 4.74. The molecule has 3 rings (SSSR count). The number of hydrogen-bond acceptors (Lipinski definition) is 1. The number of aryl methyl sites for hydroxylation is 1. The molecule has 94 valence electrons. The molecule has 0 radical (unpaired) electrons. The molecule has 0 bridgehead atoms. The van der Waals surface area contributed by atoms with Crippen LogP contribution in [0.1, 0.15) is 23.6 Å². The van der Waals surface area contributed by atoms with E-state index in [-0.39, 0.29) is 11.7 Å². The van der Waals surface area contributed by atoms with Gasteiger partial charge in [0.05, 0.1) is 12.6 Å². The van der Waals surface area contributed by atoms with Gasteiger partial charge in [0.25, 0.3) is 0 Å². The van der Waals surface area contributed by atoms with E-state index >= 15 is 0 Å². The van der Waals surface area contributed by atoms with Gasteiger partial charge in [-0.1, -0.05) is 30.3 Å². The second-order valence-corrected chi connectivity index (χ2v) is 4.72. The highest BCUT2D eigenvalue weighted by Gasteiger charge is 2.19. The molecular weight excluding hydrogens is 239 g/mol. The van der Waals surface area contributed by atoms with Crippen LogP contribution in [0.5, 0.6) is 0 Å². The van der Waals surface area contributed by atoms with Crippen molar-refractivity contribution in [3.8, 4) is 0 Å². The van der Waals surface area contributed by atoms with Crippen molar-refractivity contribution in [3.05, 3.63) is 70.8 Å². The summed E-state index contributed by atoms with van der Waals surface area (Å²) in [5.41, 5.74) is 3.41. The Morgan fingerprint density at radius 3 is 2.84 bits per heavy atom. The first-order valence-corrected chi connectivity index (χ1v) is 6.29. The molecular formula is C16H13FN2. The van der Waals surface area contributed by atoms with Gasteiger partial charge in [-0.05, 0) is 36.1 Å². The van der Waals surface area contributed by atoms with Crippen molar-refractivity contribution in [1.82, 2.24) is 0 Å². The lowest BCUT2D eigenvalue weighted by Gasteiger charge is -2.27. The topological polar surface area (TPSA) is 16.4 Å². The zero-order chi connectivity index (χ0) is 13.2. The maximum Gasteiger partial charge on any atom is 0.222 e. The Balaban J connectivity index is 1.89. The third-order valence-corrected chi connectivity index (χ3v) is 3.54. The van der Waals surface area contributed by atoms with Gasteiger partial charge in [-0.3, -0.25) is 0 Å². The predicted molar refractivity (Wildman–Crippen MR) is 73.8 cm³/mol. The van der Waals surface area contributed by atoms with Crippen molar-refractivity contribution < 1.29 is 4.39 Å². The van der Waals surface area contributed by atoms with Gasteiger partial charge in [0, 0.05) is 5.69 Å². The minimum atomic E-state index is -0.437. The van der Waals surface area contributed by atoms with Crippen LogP contribution in [0.15, 0.2) is 42.5 Å². The molecule has 3 heteroatoms. The fraction of sp³-hybridized carbons (Fsp3) is 0.188. The summed E-state index contributed by atoms with van der Waals surface area (Å²) >= 11 is 0. The first kappa shape index (κ1) is 11.7. The predicted octanol–water partition coefficient (Wildman–Crippen LogP) is 4.48. The Morgan fingerprint density at radius 2 is 2.05 bits per heavy atom. The van der Waals surface area contributed by atoms with Crippen LogP contribution < -0.4 is 5.32 Å². The van der Waals surface area contributed by atoms with Crippen LogP contribution in [0.25, 0.3) is 4.85 Å². The Bertz CT molecular complexity index is 658. The monoisotopic (exact) mass is 252 g/mol. The molecule has 2 aromatic rings. The molecule has 0 aromatic heterocycles. The lowest BCUT2D eigenvalue weighted by molar-refractivity contribution is 0.619. The van der Waals surface area contributed by atoms with E-state index in [1.54, 1.807) is 6.07 Å². The first-order valence-electron chi connectivity index (χ1n) is 6.29. The molecule has 0 saturated heterocycles. The maximum atomic E-state index is 13.7. The summed E-state index contributed by atoms with van der Waals surface area (Å²) in [5.74, 6) is -0.437. The number of hydrogen-bond donors (Lipinski definition) is 1. The third kappa shape index (κ3) is 2.17. The van der Waals surface area contributed by atoms with E-state index in [2.05, 4.69) is 16.2 Å². The number of rotatable bonds is 1. The van der Waals surface area contributed by atoms with Crippen molar-refractivity contribution >= 4 is 11.4 Å². The number of fused-ring (bicyclic) bond motifs is 1. The molecule has 0 saturated carbocycles. The number of anilines is 1. The summed E-state index contributed by atoms with van der Waals surface area (Å²) in [7, 11) is 0. The molecule has 1 heterocycles. The van der Waals surface area contributed by atoms with Crippen molar-refractivity contribution in [1.29, 1.82) is 0 Å². The highest BCUT2D eigenvalue weighted by molar-refractivity contribution is 5.56. The molecule has 1 unspecified atom stereocenters. The van der Waals surface area contributed by atoms with Crippen LogP contribution in [0.2, 0.25) is 0 Å². The lowest BCUT2D eigenvalue weighted by atomic mass is 9.93. The molecule has 19 heavy (non-hydrogen) atoms. The summed E-state index contributed by atoms with van der Waals surface area (Å²) in [6.07, 6.45) is 1.92. The quantitative estimate of drug-likeness (QED) is 0.740. The van der Waals surface area contributed by atoms with Gasteiger partial charge in [-0.25, -0.2) is 9.24 Å². The van der Waals surface area contributed by atoms with E-state index in [0.29, 0.717) is 0 Å². The van der Waals surface area contributed by atoms with Crippen LogP contribution in [-0.2, 0) is 6.42 Å². The number of nitrogens with one attached hydrogen (secondary N) is 1. The second-order valence-electron chi connectivity index (χ2n) is 4.72. The Kier molecular flexibility index (Phi) is 2.92. The number of nitrogens with zero attached hydrogens (tertiary/aromatic N) is 1. The SMILES string of the molecule is [C-]#[N+]c1ccc(C2CCc3ccccc3N2)cc1F. The number of para-hydroxylation sites is 1. The van der Waals surface area contributed by atoms with Crippen molar-refractivity contribution in [2.75, 3.05) is 5.32 Å². The minimum Gasteiger partial charge on any atom is -0.378 e. The fourth-order valence-electron chi connectivity index (χ4n) is 2.52. The average molecular weight is 252 g/mol. The lowest BCUT2D eigenvalue weighted by Crippen LogP contribution is -2.17. The van der Waals surface area contributed by atoms with Gasteiger partial charge < -0.3 is 5.32 Å². The molecule has 2 nitrogen and oxygen atoms in total. The molecule has 0 spiro atoms. The van der Waals surface area contributed by atoms with E-state index in [4.69, 9.17) is 6.57 Å². The Hall–Kier alpha value is -2.34. The van der Waals surface area contributed by atoms with E-state index in [1.165, 1.54) is 11.6 Å². The van der Waals surface area contributed by atoms with Crippen molar-refractivity contribution in [2.24, 2.45) is 0 Å². The maximum absolute atomic E-state index is 13.7. The van der Waals surface area contributed by atoms with Crippen LogP contribution in [0.3, 0.4) is 0 Å². The van der Waals surface area contributed by atoms with E-state index in [0.717, 1.165) is 24.1 Å². The van der Waals surface area contributed by atoms with Crippen LogP contribution in [0.4, 0.5) is 15.8 Å². The number of benzene rings is 2. The molecule has 1 N–H and O–H groups in total. The van der Waals surface area contributed by atoms with Crippen LogP contribution in [-0.4, -0.2) is 0 Å². The van der Waals surface area contributed by atoms with E-state index in [1.807, 2.05) is 24.3 Å². The van der Waals surface area contributed by atoms with Gasteiger partial charge in [-0.2, -0.15) is 0 Å². The number of halogens is 1.